The molecule has 1 aliphatic carbocycles. The molecule has 76 valence electrons. The van der Waals surface area contributed by atoms with Gasteiger partial charge in [0.2, 0.25) is 0 Å². The highest BCUT2D eigenvalue weighted by atomic mass is 79.9. The molecule has 1 fully saturated rings. The zero-order valence-corrected chi connectivity index (χ0v) is 9.75. The van der Waals surface area contributed by atoms with Gasteiger partial charge in [0.1, 0.15) is 5.75 Å². The van der Waals surface area contributed by atoms with Gasteiger partial charge in [-0.15, -0.1) is 0 Å². The van der Waals surface area contributed by atoms with Crippen LogP contribution in [0.25, 0.3) is 0 Å². The third kappa shape index (κ3) is 1.79. The van der Waals surface area contributed by atoms with Crippen molar-refractivity contribution in [2.45, 2.75) is 18.9 Å². The number of rotatable bonds is 3. The van der Waals surface area contributed by atoms with Gasteiger partial charge in [0, 0.05) is 6.04 Å². The number of halogens is 1. The van der Waals surface area contributed by atoms with E-state index in [1.54, 1.807) is 7.11 Å². The van der Waals surface area contributed by atoms with Crippen molar-refractivity contribution in [3.8, 4) is 5.75 Å². The monoisotopic (exact) mass is 255 g/mol. The van der Waals surface area contributed by atoms with Gasteiger partial charge >= 0.3 is 0 Å². The van der Waals surface area contributed by atoms with Gasteiger partial charge in [-0.05, 0) is 46.3 Å². The summed E-state index contributed by atoms with van der Waals surface area (Å²) in [6.45, 7) is 0. The van der Waals surface area contributed by atoms with Crippen LogP contribution < -0.4 is 10.5 Å². The van der Waals surface area contributed by atoms with E-state index in [1.807, 2.05) is 12.1 Å². The van der Waals surface area contributed by atoms with Gasteiger partial charge in [-0.3, -0.25) is 0 Å². The van der Waals surface area contributed by atoms with Crippen molar-refractivity contribution in [2.75, 3.05) is 7.11 Å². The van der Waals surface area contributed by atoms with Gasteiger partial charge in [0.25, 0.3) is 0 Å². The lowest BCUT2D eigenvalue weighted by Crippen LogP contribution is -2.13. The van der Waals surface area contributed by atoms with Crippen molar-refractivity contribution >= 4 is 15.9 Å². The van der Waals surface area contributed by atoms with Crippen LogP contribution in [-0.2, 0) is 0 Å². The minimum atomic E-state index is 0.152. The number of benzene rings is 1. The van der Waals surface area contributed by atoms with Crippen LogP contribution in [0.3, 0.4) is 0 Å². The molecule has 3 heteroatoms. The summed E-state index contributed by atoms with van der Waals surface area (Å²) in [6, 6.07) is 6.14. The lowest BCUT2D eigenvalue weighted by molar-refractivity contribution is 0.410. The van der Waals surface area contributed by atoms with Crippen molar-refractivity contribution in [1.29, 1.82) is 0 Å². The number of methoxy groups -OCH3 is 1. The topological polar surface area (TPSA) is 35.2 Å². The predicted octanol–water partition coefficient (Wildman–Crippen LogP) is 2.87. The minimum Gasteiger partial charge on any atom is -0.496 e. The van der Waals surface area contributed by atoms with Gasteiger partial charge in [0.15, 0.2) is 0 Å². The summed E-state index contributed by atoms with van der Waals surface area (Å²) in [7, 11) is 1.67. The van der Waals surface area contributed by atoms with E-state index in [1.165, 1.54) is 12.8 Å². The first kappa shape index (κ1) is 9.99. The number of hydrogen-bond donors (Lipinski definition) is 1. The highest BCUT2D eigenvalue weighted by Gasteiger charge is 2.30. The van der Waals surface area contributed by atoms with Crippen molar-refractivity contribution in [2.24, 2.45) is 11.7 Å². The van der Waals surface area contributed by atoms with Crippen LogP contribution in [0.5, 0.6) is 5.75 Å². The van der Waals surface area contributed by atoms with Crippen LogP contribution in [0.15, 0.2) is 22.7 Å². The Kier molecular flexibility index (Phi) is 2.79. The molecule has 1 atom stereocenters. The predicted molar refractivity (Wildman–Crippen MR) is 60.3 cm³/mol. The first-order valence-corrected chi connectivity index (χ1v) is 5.61. The molecule has 0 saturated heterocycles. The maximum Gasteiger partial charge on any atom is 0.133 e. The third-order valence-electron chi connectivity index (χ3n) is 2.70. The summed E-state index contributed by atoms with van der Waals surface area (Å²) in [5.74, 6) is 1.53. The van der Waals surface area contributed by atoms with E-state index in [0.29, 0.717) is 5.92 Å². The molecule has 1 aromatic carbocycles. The lowest BCUT2D eigenvalue weighted by atomic mass is 10.0. The standard InChI is InChI=1S/C11H14BrNO/c1-14-9-4-2-3-8(10(9)12)11(13)7-5-6-7/h2-4,7,11H,5-6,13H2,1H3/t11-/m1/s1. The average Bonchev–Trinajstić information content (AvgIpc) is 3.00. The maximum atomic E-state index is 6.14. The van der Waals surface area contributed by atoms with Crippen molar-refractivity contribution in [1.82, 2.24) is 0 Å². The summed E-state index contributed by atoms with van der Waals surface area (Å²) < 4.78 is 6.24. The number of nitrogens with two attached hydrogens (primary N) is 1. The molecule has 0 aliphatic heterocycles. The largest absolute Gasteiger partial charge is 0.496 e. The molecule has 1 aliphatic rings. The normalized spacial score (nSPS) is 17.9. The molecule has 2 rings (SSSR count). The summed E-state index contributed by atoms with van der Waals surface area (Å²) in [5, 5.41) is 0. The van der Waals surface area contributed by atoms with Crippen molar-refractivity contribution in [3.05, 3.63) is 28.2 Å². The van der Waals surface area contributed by atoms with E-state index in [-0.39, 0.29) is 6.04 Å². The van der Waals surface area contributed by atoms with E-state index >= 15 is 0 Å². The number of ether oxygens (including phenoxy) is 1. The molecule has 0 heterocycles. The highest BCUT2D eigenvalue weighted by molar-refractivity contribution is 9.10. The average molecular weight is 256 g/mol. The Hall–Kier alpha value is -0.540. The van der Waals surface area contributed by atoms with Gasteiger partial charge in [-0.25, -0.2) is 0 Å². The Morgan fingerprint density at radius 1 is 1.50 bits per heavy atom. The summed E-state index contributed by atoms with van der Waals surface area (Å²) in [6.07, 6.45) is 2.51. The molecule has 2 nitrogen and oxygen atoms in total. The summed E-state index contributed by atoms with van der Waals surface area (Å²) in [4.78, 5) is 0. The Morgan fingerprint density at radius 2 is 2.21 bits per heavy atom. The molecule has 0 spiro atoms. The molecule has 1 aromatic rings. The van der Waals surface area contributed by atoms with Gasteiger partial charge in [0.05, 0.1) is 11.6 Å². The van der Waals surface area contributed by atoms with Crippen LogP contribution in [-0.4, -0.2) is 7.11 Å². The van der Waals surface area contributed by atoms with E-state index in [0.717, 1.165) is 15.8 Å². The molecular formula is C11H14BrNO. The van der Waals surface area contributed by atoms with Crippen LogP contribution in [0.2, 0.25) is 0 Å². The van der Waals surface area contributed by atoms with Crippen molar-refractivity contribution < 1.29 is 4.74 Å². The first-order chi connectivity index (χ1) is 6.74. The molecule has 0 amide bonds. The molecule has 0 radical (unpaired) electrons. The van der Waals surface area contributed by atoms with E-state index < -0.39 is 0 Å². The van der Waals surface area contributed by atoms with Crippen LogP contribution in [0, 0.1) is 5.92 Å². The summed E-state index contributed by atoms with van der Waals surface area (Å²) >= 11 is 3.53. The number of hydrogen-bond acceptors (Lipinski definition) is 2. The quantitative estimate of drug-likeness (QED) is 0.902. The molecule has 1 saturated carbocycles. The Morgan fingerprint density at radius 3 is 2.79 bits per heavy atom. The lowest BCUT2D eigenvalue weighted by Gasteiger charge is -2.14. The second-order valence-electron chi connectivity index (χ2n) is 3.73. The molecule has 0 aromatic heterocycles. The highest BCUT2D eigenvalue weighted by Crippen LogP contribution is 2.43. The Balaban J connectivity index is 2.31. The molecule has 14 heavy (non-hydrogen) atoms. The maximum absolute atomic E-state index is 6.14. The third-order valence-corrected chi connectivity index (χ3v) is 3.55. The van der Waals surface area contributed by atoms with Crippen molar-refractivity contribution in [3.63, 3.8) is 0 Å². The molecule has 2 N–H and O–H groups in total. The zero-order valence-electron chi connectivity index (χ0n) is 8.16. The van der Waals surface area contributed by atoms with Crippen LogP contribution in [0.1, 0.15) is 24.4 Å². The molecular weight excluding hydrogens is 242 g/mol. The van der Waals surface area contributed by atoms with Gasteiger partial charge < -0.3 is 10.5 Å². The fraction of sp³-hybridized carbons (Fsp3) is 0.455. The van der Waals surface area contributed by atoms with Gasteiger partial charge in [-0.1, -0.05) is 12.1 Å². The Labute approximate surface area is 92.6 Å². The Bertz CT molecular complexity index is 336. The second-order valence-corrected chi connectivity index (χ2v) is 4.52. The SMILES string of the molecule is COc1cccc([C@H](N)C2CC2)c1Br. The van der Waals surface area contributed by atoms with Gasteiger partial charge in [-0.2, -0.15) is 0 Å². The second kappa shape index (κ2) is 3.91. The molecule has 0 bridgehead atoms. The first-order valence-electron chi connectivity index (χ1n) is 4.82. The van der Waals surface area contributed by atoms with E-state index in [9.17, 15) is 0 Å². The summed E-state index contributed by atoms with van der Waals surface area (Å²) in [5.41, 5.74) is 7.30. The minimum absolute atomic E-state index is 0.152. The smallest absolute Gasteiger partial charge is 0.133 e. The van der Waals surface area contributed by atoms with Crippen LogP contribution in [0.4, 0.5) is 0 Å². The van der Waals surface area contributed by atoms with E-state index in [2.05, 4.69) is 22.0 Å². The van der Waals surface area contributed by atoms with E-state index in [4.69, 9.17) is 10.5 Å². The van der Waals surface area contributed by atoms with Crippen LogP contribution >= 0.6 is 15.9 Å². The fourth-order valence-electron chi connectivity index (χ4n) is 1.65. The molecule has 0 unspecified atom stereocenters. The fourth-order valence-corrected chi connectivity index (χ4v) is 2.34. The zero-order chi connectivity index (χ0) is 10.1.